The second kappa shape index (κ2) is 4.31. The van der Waals surface area contributed by atoms with Crippen LogP contribution >= 0.6 is 11.8 Å². The summed E-state index contributed by atoms with van der Waals surface area (Å²) >= 11 is 1.37. The first-order valence-electron chi connectivity index (χ1n) is 3.92. The maximum Gasteiger partial charge on any atom is 0.186 e. The highest BCUT2D eigenvalue weighted by Crippen LogP contribution is 2.27. The standard InChI is InChI=1S/C10H12OS/c1-8(12-9(2)11)10-6-4-3-5-7-10/h3-8H,1-2H3/t8-/m0/s1. The van der Waals surface area contributed by atoms with Crippen LogP contribution in [-0.2, 0) is 4.79 Å². The summed E-state index contributed by atoms with van der Waals surface area (Å²) in [5.41, 5.74) is 1.21. The molecule has 0 unspecified atom stereocenters. The van der Waals surface area contributed by atoms with E-state index in [4.69, 9.17) is 0 Å². The van der Waals surface area contributed by atoms with Crippen LogP contribution in [0.4, 0.5) is 0 Å². The number of benzene rings is 1. The van der Waals surface area contributed by atoms with Crippen molar-refractivity contribution in [1.82, 2.24) is 0 Å². The van der Waals surface area contributed by atoms with E-state index < -0.39 is 0 Å². The molecule has 2 heteroatoms. The lowest BCUT2D eigenvalue weighted by Gasteiger charge is -2.07. The normalized spacial score (nSPS) is 12.5. The van der Waals surface area contributed by atoms with E-state index in [0.717, 1.165) is 0 Å². The van der Waals surface area contributed by atoms with Gasteiger partial charge >= 0.3 is 0 Å². The van der Waals surface area contributed by atoms with E-state index in [9.17, 15) is 4.79 Å². The molecule has 0 spiro atoms. The van der Waals surface area contributed by atoms with Crippen LogP contribution in [0.2, 0.25) is 0 Å². The summed E-state index contributed by atoms with van der Waals surface area (Å²) in [6, 6.07) is 10.1. The molecule has 0 aliphatic heterocycles. The van der Waals surface area contributed by atoms with E-state index in [-0.39, 0.29) is 10.4 Å². The molecule has 0 saturated carbocycles. The summed E-state index contributed by atoms with van der Waals surface area (Å²) in [6.45, 7) is 3.64. The van der Waals surface area contributed by atoms with Gasteiger partial charge in [0.25, 0.3) is 0 Å². The molecule has 1 atom stereocenters. The minimum atomic E-state index is 0.173. The van der Waals surface area contributed by atoms with Crippen LogP contribution in [0.25, 0.3) is 0 Å². The lowest BCUT2D eigenvalue weighted by molar-refractivity contribution is -0.109. The van der Waals surface area contributed by atoms with Gasteiger partial charge in [-0.05, 0) is 12.5 Å². The number of carbonyl (C=O) groups excluding carboxylic acids is 1. The third-order valence-corrected chi connectivity index (χ3v) is 2.57. The molecule has 0 radical (unpaired) electrons. The van der Waals surface area contributed by atoms with Gasteiger partial charge in [0.15, 0.2) is 5.12 Å². The fraction of sp³-hybridized carbons (Fsp3) is 0.300. The predicted molar refractivity (Wildman–Crippen MR) is 53.1 cm³/mol. The van der Waals surface area contributed by atoms with Gasteiger partial charge in [-0.2, -0.15) is 0 Å². The molecule has 0 aromatic heterocycles. The van der Waals surface area contributed by atoms with E-state index in [0.29, 0.717) is 0 Å². The molecular formula is C10H12OS. The molecule has 0 aliphatic rings. The smallest absolute Gasteiger partial charge is 0.186 e. The SMILES string of the molecule is CC(=O)S[C@@H](C)c1ccccc1. The molecule has 0 saturated heterocycles. The average molecular weight is 180 g/mol. The van der Waals surface area contributed by atoms with Gasteiger partial charge in [0.1, 0.15) is 0 Å². The molecule has 1 aromatic carbocycles. The van der Waals surface area contributed by atoms with Crippen LogP contribution in [0.15, 0.2) is 30.3 Å². The van der Waals surface area contributed by atoms with Crippen molar-refractivity contribution < 1.29 is 4.79 Å². The van der Waals surface area contributed by atoms with Crippen LogP contribution in [0, 0.1) is 0 Å². The zero-order chi connectivity index (χ0) is 8.97. The van der Waals surface area contributed by atoms with E-state index in [2.05, 4.69) is 0 Å². The van der Waals surface area contributed by atoms with E-state index in [1.807, 2.05) is 37.3 Å². The summed E-state index contributed by atoms with van der Waals surface area (Å²) in [5.74, 6) is 0. The van der Waals surface area contributed by atoms with Crippen molar-refractivity contribution in [3.05, 3.63) is 35.9 Å². The molecule has 0 amide bonds. The highest BCUT2D eigenvalue weighted by Gasteiger charge is 2.06. The maximum atomic E-state index is 10.8. The first-order valence-corrected chi connectivity index (χ1v) is 4.80. The Morgan fingerprint density at radius 2 is 1.92 bits per heavy atom. The fourth-order valence-corrected chi connectivity index (χ4v) is 1.83. The van der Waals surface area contributed by atoms with Crippen LogP contribution in [0.3, 0.4) is 0 Å². The number of hydrogen-bond donors (Lipinski definition) is 0. The molecule has 64 valence electrons. The minimum absolute atomic E-state index is 0.173. The molecule has 0 heterocycles. The van der Waals surface area contributed by atoms with Crippen LogP contribution in [-0.4, -0.2) is 5.12 Å². The van der Waals surface area contributed by atoms with E-state index in [1.165, 1.54) is 17.3 Å². The second-order valence-electron chi connectivity index (χ2n) is 2.66. The molecule has 12 heavy (non-hydrogen) atoms. The van der Waals surface area contributed by atoms with E-state index in [1.54, 1.807) is 6.92 Å². The van der Waals surface area contributed by atoms with Gasteiger partial charge in [-0.3, -0.25) is 4.79 Å². The Labute approximate surface area is 77.2 Å². The van der Waals surface area contributed by atoms with Crippen LogP contribution in [0.1, 0.15) is 24.7 Å². The maximum absolute atomic E-state index is 10.8. The van der Waals surface area contributed by atoms with Crippen molar-refractivity contribution >= 4 is 16.9 Å². The number of carbonyl (C=O) groups is 1. The minimum Gasteiger partial charge on any atom is -0.288 e. The largest absolute Gasteiger partial charge is 0.288 e. The van der Waals surface area contributed by atoms with Gasteiger partial charge in [-0.15, -0.1) is 0 Å². The van der Waals surface area contributed by atoms with Gasteiger partial charge in [-0.1, -0.05) is 42.1 Å². The van der Waals surface area contributed by atoms with Gasteiger partial charge in [0.2, 0.25) is 0 Å². The van der Waals surface area contributed by atoms with Crippen LogP contribution in [0.5, 0.6) is 0 Å². The highest BCUT2D eigenvalue weighted by atomic mass is 32.2. The molecule has 0 fully saturated rings. The van der Waals surface area contributed by atoms with Crippen molar-refractivity contribution in [1.29, 1.82) is 0 Å². The Kier molecular flexibility index (Phi) is 3.35. The van der Waals surface area contributed by atoms with Crippen molar-refractivity contribution in [3.63, 3.8) is 0 Å². The van der Waals surface area contributed by atoms with Crippen molar-refractivity contribution in [3.8, 4) is 0 Å². The second-order valence-corrected chi connectivity index (χ2v) is 4.18. The Morgan fingerprint density at radius 1 is 1.33 bits per heavy atom. The topological polar surface area (TPSA) is 17.1 Å². The monoisotopic (exact) mass is 180 g/mol. The molecule has 0 bridgehead atoms. The van der Waals surface area contributed by atoms with Gasteiger partial charge in [-0.25, -0.2) is 0 Å². The van der Waals surface area contributed by atoms with Gasteiger partial charge in [0.05, 0.1) is 0 Å². The summed E-state index contributed by atoms with van der Waals surface area (Å²) in [7, 11) is 0. The van der Waals surface area contributed by atoms with Crippen molar-refractivity contribution in [2.75, 3.05) is 0 Å². The Morgan fingerprint density at radius 3 is 2.42 bits per heavy atom. The highest BCUT2D eigenvalue weighted by molar-refractivity contribution is 8.13. The third kappa shape index (κ3) is 2.70. The third-order valence-electron chi connectivity index (χ3n) is 1.61. The van der Waals surface area contributed by atoms with E-state index >= 15 is 0 Å². The molecule has 1 nitrogen and oxygen atoms in total. The predicted octanol–water partition coefficient (Wildman–Crippen LogP) is 3.03. The molecule has 0 N–H and O–H groups in total. The zero-order valence-corrected chi connectivity index (χ0v) is 8.10. The van der Waals surface area contributed by atoms with Crippen molar-refractivity contribution in [2.45, 2.75) is 19.1 Å². The number of thioether (sulfide) groups is 1. The molecule has 1 rings (SSSR count). The fourth-order valence-electron chi connectivity index (χ4n) is 1.04. The first-order chi connectivity index (χ1) is 5.70. The zero-order valence-electron chi connectivity index (χ0n) is 7.28. The van der Waals surface area contributed by atoms with Gasteiger partial charge < -0.3 is 0 Å². The summed E-state index contributed by atoms with van der Waals surface area (Å²) in [6.07, 6.45) is 0. The van der Waals surface area contributed by atoms with Crippen LogP contribution < -0.4 is 0 Å². The first kappa shape index (κ1) is 9.33. The van der Waals surface area contributed by atoms with Crippen molar-refractivity contribution in [2.24, 2.45) is 0 Å². The lowest BCUT2D eigenvalue weighted by Crippen LogP contribution is -1.91. The Hall–Kier alpha value is -0.760. The lowest BCUT2D eigenvalue weighted by atomic mass is 10.2. The molecule has 0 aliphatic carbocycles. The Balaban J connectivity index is 2.65. The average Bonchev–Trinajstić information content (AvgIpc) is 2.05. The summed E-state index contributed by atoms with van der Waals surface area (Å²) < 4.78 is 0. The number of rotatable bonds is 2. The van der Waals surface area contributed by atoms with Gasteiger partial charge in [0, 0.05) is 12.2 Å². The Bertz CT molecular complexity index is 256. The summed E-state index contributed by atoms with van der Waals surface area (Å²) in [4.78, 5) is 10.8. The quantitative estimate of drug-likeness (QED) is 0.696. The number of hydrogen-bond acceptors (Lipinski definition) is 2. The molecular weight excluding hydrogens is 168 g/mol. The molecule has 1 aromatic rings. The summed E-state index contributed by atoms with van der Waals surface area (Å²) in [5, 5.41) is 0.440.